The molecule has 0 fully saturated rings. The number of hydrogen-bond donors (Lipinski definition) is 1. The highest BCUT2D eigenvalue weighted by atomic mass is 32.2. The minimum atomic E-state index is -0.884. The van der Waals surface area contributed by atoms with Crippen LogP contribution in [-0.2, 0) is 4.79 Å². The Morgan fingerprint density at radius 2 is 2.24 bits per heavy atom. The summed E-state index contributed by atoms with van der Waals surface area (Å²) in [4.78, 5) is 15.5. The molecular weight excluding hydrogens is 284 g/mol. The van der Waals surface area contributed by atoms with Gasteiger partial charge in [-0.05, 0) is 31.5 Å². The molecule has 2 atom stereocenters. The van der Waals surface area contributed by atoms with Crippen LogP contribution in [0.5, 0.6) is 0 Å². The summed E-state index contributed by atoms with van der Waals surface area (Å²) in [5.41, 5.74) is 1.57. The molecule has 2 unspecified atom stereocenters. The van der Waals surface area contributed by atoms with Crippen LogP contribution in [-0.4, -0.2) is 27.3 Å². The van der Waals surface area contributed by atoms with Gasteiger partial charge in [0.1, 0.15) is 4.75 Å². The van der Waals surface area contributed by atoms with Crippen molar-refractivity contribution < 1.29 is 9.90 Å². The van der Waals surface area contributed by atoms with E-state index in [0.29, 0.717) is 5.56 Å². The molecule has 1 heterocycles. The molecule has 0 spiro atoms. The maximum absolute atomic E-state index is 11.3. The zero-order chi connectivity index (χ0) is 15.5. The molecule has 0 saturated heterocycles. The first-order valence-corrected chi connectivity index (χ1v) is 7.43. The Balaban J connectivity index is 2.28. The van der Waals surface area contributed by atoms with E-state index >= 15 is 0 Å². The summed E-state index contributed by atoms with van der Waals surface area (Å²) in [7, 11) is 0. The Kier molecular flexibility index (Phi) is 4.49. The minimum absolute atomic E-state index is 0.0254. The summed E-state index contributed by atoms with van der Waals surface area (Å²) in [5, 5.41) is 18.3. The number of aliphatic carboxylic acids is 1. The summed E-state index contributed by atoms with van der Waals surface area (Å²) >= 11 is 1.39. The van der Waals surface area contributed by atoms with Crippen molar-refractivity contribution in [3.8, 4) is 6.07 Å². The van der Waals surface area contributed by atoms with Crippen LogP contribution >= 0.6 is 11.8 Å². The van der Waals surface area contributed by atoms with Crippen LogP contribution in [0.4, 0.5) is 0 Å². The van der Waals surface area contributed by atoms with Crippen LogP contribution < -0.4 is 0 Å². The second kappa shape index (κ2) is 6.15. The van der Waals surface area contributed by atoms with Crippen LogP contribution in [0.3, 0.4) is 0 Å². The molecule has 21 heavy (non-hydrogen) atoms. The van der Waals surface area contributed by atoms with Crippen molar-refractivity contribution in [2.24, 2.45) is 4.99 Å². The molecule has 0 amide bonds. The molecule has 0 radical (unpaired) electrons. The number of thioether (sulfide) groups is 1. The zero-order valence-corrected chi connectivity index (χ0v) is 12.7. The third-order valence-corrected chi connectivity index (χ3v) is 4.80. The molecule has 1 aromatic carbocycles. The monoisotopic (exact) mass is 300 g/mol. The van der Waals surface area contributed by atoms with Gasteiger partial charge in [-0.25, -0.2) is 0 Å². The summed E-state index contributed by atoms with van der Waals surface area (Å²) in [6.45, 7) is 3.39. The summed E-state index contributed by atoms with van der Waals surface area (Å²) in [5.74, 6) is -0.875. The third-order valence-electron chi connectivity index (χ3n) is 3.31. The second-order valence-electron chi connectivity index (χ2n) is 5.30. The molecule has 1 aromatic rings. The molecule has 1 N–H and O–H groups in total. The lowest BCUT2D eigenvalue weighted by Crippen LogP contribution is -2.32. The Bertz CT molecular complexity index is 644. The van der Waals surface area contributed by atoms with E-state index in [-0.39, 0.29) is 11.2 Å². The molecule has 108 valence electrons. The number of benzene rings is 1. The Labute approximate surface area is 128 Å². The number of hydrogen-bond acceptors (Lipinski definition) is 4. The number of nitriles is 1. The van der Waals surface area contributed by atoms with Crippen molar-refractivity contribution in [3.63, 3.8) is 0 Å². The quantitative estimate of drug-likeness (QED) is 0.926. The van der Waals surface area contributed by atoms with Gasteiger partial charge in [-0.2, -0.15) is 5.26 Å². The van der Waals surface area contributed by atoms with E-state index in [1.807, 2.05) is 30.5 Å². The van der Waals surface area contributed by atoms with Gasteiger partial charge in [-0.1, -0.05) is 18.2 Å². The largest absolute Gasteiger partial charge is 0.480 e. The fourth-order valence-electron chi connectivity index (χ4n) is 2.08. The topological polar surface area (TPSA) is 73.5 Å². The highest BCUT2D eigenvalue weighted by Gasteiger charge is 2.34. The first kappa shape index (κ1) is 15.3. The molecule has 0 bridgehead atoms. The van der Waals surface area contributed by atoms with Gasteiger partial charge < -0.3 is 5.11 Å². The normalized spacial score (nSPS) is 21.0. The van der Waals surface area contributed by atoms with Crippen LogP contribution in [0.15, 0.2) is 41.5 Å². The van der Waals surface area contributed by atoms with E-state index in [2.05, 4.69) is 11.1 Å². The average molecular weight is 300 g/mol. The molecule has 2 rings (SSSR count). The van der Waals surface area contributed by atoms with Crippen molar-refractivity contribution in [3.05, 3.63) is 47.7 Å². The van der Waals surface area contributed by atoms with Gasteiger partial charge in [0, 0.05) is 23.6 Å². The number of nitrogens with zero attached hydrogens (tertiary/aromatic N) is 2. The first-order chi connectivity index (χ1) is 9.94. The van der Waals surface area contributed by atoms with Crippen LogP contribution in [0.2, 0.25) is 0 Å². The maximum Gasteiger partial charge on any atom is 0.319 e. The maximum atomic E-state index is 11.3. The van der Waals surface area contributed by atoms with E-state index < -0.39 is 10.7 Å². The fraction of sp³-hybridized carbons (Fsp3) is 0.312. The number of carboxylic acid groups (broad SMARTS) is 1. The fourth-order valence-corrected chi connectivity index (χ4v) is 3.38. The second-order valence-corrected chi connectivity index (χ2v) is 7.10. The van der Waals surface area contributed by atoms with Crippen LogP contribution in [0.1, 0.15) is 30.9 Å². The average Bonchev–Trinajstić information content (AvgIpc) is 2.47. The van der Waals surface area contributed by atoms with Gasteiger partial charge >= 0.3 is 5.97 Å². The van der Waals surface area contributed by atoms with Crippen molar-refractivity contribution in [2.45, 2.75) is 29.8 Å². The van der Waals surface area contributed by atoms with E-state index in [1.54, 1.807) is 26.1 Å². The highest BCUT2D eigenvalue weighted by molar-refractivity contribution is 8.02. The van der Waals surface area contributed by atoms with Crippen molar-refractivity contribution in [1.82, 2.24) is 0 Å². The van der Waals surface area contributed by atoms with E-state index in [0.717, 1.165) is 5.56 Å². The van der Waals surface area contributed by atoms with Gasteiger partial charge in [0.25, 0.3) is 0 Å². The Morgan fingerprint density at radius 1 is 1.48 bits per heavy atom. The molecule has 0 saturated carbocycles. The Morgan fingerprint density at radius 3 is 2.90 bits per heavy atom. The van der Waals surface area contributed by atoms with Gasteiger partial charge in [-0.15, -0.1) is 11.8 Å². The first-order valence-electron chi connectivity index (χ1n) is 6.55. The van der Waals surface area contributed by atoms with Crippen LogP contribution in [0, 0.1) is 11.3 Å². The van der Waals surface area contributed by atoms with E-state index in [1.165, 1.54) is 11.8 Å². The predicted octanol–water partition coefficient (Wildman–Crippen LogP) is 3.20. The van der Waals surface area contributed by atoms with Gasteiger partial charge in [0.15, 0.2) is 0 Å². The number of carboxylic acids is 1. The van der Waals surface area contributed by atoms with Crippen molar-refractivity contribution >= 4 is 23.9 Å². The van der Waals surface area contributed by atoms with Gasteiger partial charge in [0.2, 0.25) is 0 Å². The summed E-state index contributed by atoms with van der Waals surface area (Å²) < 4.78 is -0.884. The summed E-state index contributed by atoms with van der Waals surface area (Å²) in [6, 6.07) is 9.49. The Hall–Kier alpha value is -2.06. The molecular formula is C16H16N2O2S. The standard InChI is InChI=1S/C16H16N2O2S/c1-16(2,15(19)20)21-14-6-7-18-10-13(14)12-5-3-4-11(8-12)9-17/h3-8,10,13-14H,1-2H3,(H,19,20). The zero-order valence-electron chi connectivity index (χ0n) is 11.9. The van der Waals surface area contributed by atoms with Crippen LogP contribution in [0.25, 0.3) is 0 Å². The van der Waals surface area contributed by atoms with Crippen molar-refractivity contribution in [1.29, 1.82) is 5.26 Å². The lowest BCUT2D eigenvalue weighted by Gasteiger charge is -2.29. The lowest BCUT2D eigenvalue weighted by molar-refractivity contribution is -0.138. The van der Waals surface area contributed by atoms with Gasteiger partial charge in [-0.3, -0.25) is 9.79 Å². The molecule has 0 aliphatic carbocycles. The molecule has 4 nitrogen and oxygen atoms in total. The molecule has 5 heteroatoms. The minimum Gasteiger partial charge on any atom is -0.480 e. The number of carbonyl (C=O) groups is 1. The molecule has 0 aromatic heterocycles. The van der Waals surface area contributed by atoms with Gasteiger partial charge in [0.05, 0.1) is 11.6 Å². The number of aliphatic imine (C=N–C) groups is 1. The van der Waals surface area contributed by atoms with E-state index in [4.69, 9.17) is 5.26 Å². The van der Waals surface area contributed by atoms with Crippen molar-refractivity contribution in [2.75, 3.05) is 0 Å². The smallest absolute Gasteiger partial charge is 0.319 e. The third kappa shape index (κ3) is 3.53. The lowest BCUT2D eigenvalue weighted by atomic mass is 9.94. The highest BCUT2D eigenvalue weighted by Crippen LogP contribution is 2.38. The molecule has 1 aliphatic heterocycles. The SMILES string of the molecule is CC(C)(SC1C=CN=CC1c1cccc(C#N)c1)C(=O)O. The molecule has 1 aliphatic rings. The summed E-state index contributed by atoms with van der Waals surface area (Å²) in [6.07, 6.45) is 5.42. The predicted molar refractivity (Wildman–Crippen MR) is 84.6 cm³/mol. The van der Waals surface area contributed by atoms with E-state index in [9.17, 15) is 9.90 Å². The number of rotatable bonds is 4.